The third kappa shape index (κ3) is 4.93. The summed E-state index contributed by atoms with van der Waals surface area (Å²) >= 11 is 5.96. The standard InChI is InChI=1S/C23H27ClN4O2/c24-19-9-7-18(8-10-19)16-27-13-4-14-28-21(23(27)30)15-20(26-28)22(29)25-12-11-17-5-2-1-3-6-17/h5,7-10,15H,1-4,6,11-14,16H2,(H,25,29). The Labute approximate surface area is 181 Å². The third-order valence-corrected chi connectivity index (χ3v) is 5.97. The zero-order valence-corrected chi connectivity index (χ0v) is 17.8. The molecule has 30 heavy (non-hydrogen) atoms. The summed E-state index contributed by atoms with van der Waals surface area (Å²) in [7, 11) is 0. The number of aryl methyl sites for hydroxylation is 1. The number of nitrogens with one attached hydrogen (secondary N) is 1. The van der Waals surface area contributed by atoms with E-state index in [1.165, 1.54) is 18.4 Å². The summed E-state index contributed by atoms with van der Waals surface area (Å²) in [5.41, 5.74) is 3.23. The molecule has 1 aliphatic heterocycles. The van der Waals surface area contributed by atoms with Crippen molar-refractivity contribution in [2.24, 2.45) is 0 Å². The predicted octanol–water partition coefficient (Wildman–Crippen LogP) is 4.20. The minimum Gasteiger partial charge on any atom is -0.350 e. The van der Waals surface area contributed by atoms with E-state index >= 15 is 0 Å². The molecular weight excluding hydrogens is 400 g/mol. The summed E-state index contributed by atoms with van der Waals surface area (Å²) < 4.78 is 1.67. The average Bonchev–Trinajstić information content (AvgIpc) is 3.13. The summed E-state index contributed by atoms with van der Waals surface area (Å²) in [6.07, 6.45) is 8.75. The Morgan fingerprint density at radius 3 is 2.73 bits per heavy atom. The molecule has 1 aliphatic carbocycles. The maximum atomic E-state index is 13.1. The van der Waals surface area contributed by atoms with E-state index in [1.807, 2.05) is 24.3 Å². The second-order valence-electron chi connectivity index (χ2n) is 7.96. The van der Waals surface area contributed by atoms with E-state index in [1.54, 1.807) is 15.6 Å². The molecule has 1 N–H and O–H groups in total. The van der Waals surface area contributed by atoms with Gasteiger partial charge < -0.3 is 10.2 Å². The molecule has 0 atom stereocenters. The first-order valence-corrected chi connectivity index (χ1v) is 11.1. The number of allylic oxidation sites excluding steroid dienone is 1. The Hall–Kier alpha value is -2.60. The largest absolute Gasteiger partial charge is 0.350 e. The van der Waals surface area contributed by atoms with Gasteiger partial charge in [-0.3, -0.25) is 14.3 Å². The topological polar surface area (TPSA) is 67.2 Å². The van der Waals surface area contributed by atoms with E-state index in [2.05, 4.69) is 16.5 Å². The Kier molecular flexibility index (Phi) is 6.53. The van der Waals surface area contributed by atoms with E-state index < -0.39 is 0 Å². The lowest BCUT2D eigenvalue weighted by atomic mass is 9.97. The van der Waals surface area contributed by atoms with Crippen LogP contribution in [0.4, 0.5) is 0 Å². The Bertz CT molecular complexity index is 949. The molecule has 1 aromatic carbocycles. The van der Waals surface area contributed by atoms with Crippen LogP contribution < -0.4 is 5.32 Å². The SMILES string of the molecule is O=C(NCCC1=CCCCC1)c1cc2n(n1)CCCN(Cc1ccc(Cl)cc1)C2=O. The van der Waals surface area contributed by atoms with E-state index in [0.717, 1.165) is 31.2 Å². The van der Waals surface area contributed by atoms with E-state index in [0.29, 0.717) is 42.6 Å². The van der Waals surface area contributed by atoms with Crippen molar-refractivity contribution in [1.82, 2.24) is 20.0 Å². The van der Waals surface area contributed by atoms with Crippen LogP contribution in [0.5, 0.6) is 0 Å². The molecule has 158 valence electrons. The van der Waals surface area contributed by atoms with Crippen LogP contribution in [-0.4, -0.2) is 39.6 Å². The van der Waals surface area contributed by atoms with Gasteiger partial charge in [-0.2, -0.15) is 5.10 Å². The Morgan fingerprint density at radius 1 is 1.13 bits per heavy atom. The molecule has 6 nitrogen and oxygen atoms in total. The maximum absolute atomic E-state index is 13.1. The van der Waals surface area contributed by atoms with Gasteiger partial charge in [-0.1, -0.05) is 35.4 Å². The van der Waals surface area contributed by atoms with E-state index in [4.69, 9.17) is 11.6 Å². The predicted molar refractivity (Wildman–Crippen MR) is 117 cm³/mol. The lowest BCUT2D eigenvalue weighted by Gasteiger charge is -2.20. The average molecular weight is 427 g/mol. The molecule has 2 heterocycles. The van der Waals surface area contributed by atoms with Crippen LogP contribution in [0.1, 0.15) is 65.1 Å². The van der Waals surface area contributed by atoms with Gasteiger partial charge in [0.25, 0.3) is 11.8 Å². The molecule has 4 rings (SSSR count). The van der Waals surface area contributed by atoms with Crippen molar-refractivity contribution in [3.8, 4) is 0 Å². The smallest absolute Gasteiger partial charge is 0.272 e. The number of halogens is 1. The van der Waals surface area contributed by atoms with Crippen LogP contribution in [0.2, 0.25) is 5.02 Å². The summed E-state index contributed by atoms with van der Waals surface area (Å²) in [6.45, 7) is 2.39. The van der Waals surface area contributed by atoms with Crippen molar-refractivity contribution < 1.29 is 9.59 Å². The van der Waals surface area contributed by atoms with Gasteiger partial charge in [0.05, 0.1) is 0 Å². The molecule has 0 radical (unpaired) electrons. The number of carbonyl (C=O) groups is 2. The molecule has 0 unspecified atom stereocenters. The molecule has 0 saturated carbocycles. The molecule has 2 amide bonds. The van der Waals surface area contributed by atoms with E-state index in [9.17, 15) is 9.59 Å². The van der Waals surface area contributed by atoms with Crippen molar-refractivity contribution in [2.75, 3.05) is 13.1 Å². The van der Waals surface area contributed by atoms with Gasteiger partial charge in [0.15, 0.2) is 5.69 Å². The quantitative estimate of drug-likeness (QED) is 0.704. The highest BCUT2D eigenvalue weighted by molar-refractivity contribution is 6.30. The first kappa shape index (κ1) is 20.7. The van der Waals surface area contributed by atoms with Crippen LogP contribution >= 0.6 is 11.6 Å². The monoisotopic (exact) mass is 426 g/mol. The minimum atomic E-state index is -0.218. The zero-order chi connectivity index (χ0) is 20.9. The number of nitrogens with zero attached hydrogens (tertiary/aromatic N) is 3. The summed E-state index contributed by atoms with van der Waals surface area (Å²) in [6, 6.07) is 9.14. The second kappa shape index (κ2) is 9.47. The molecule has 2 aliphatic rings. The fraction of sp³-hybridized carbons (Fsp3) is 0.435. The highest BCUT2D eigenvalue weighted by Crippen LogP contribution is 2.20. The van der Waals surface area contributed by atoms with Crippen LogP contribution in [0.15, 0.2) is 42.0 Å². The van der Waals surface area contributed by atoms with Crippen molar-refractivity contribution in [3.05, 3.63) is 64.0 Å². The second-order valence-corrected chi connectivity index (χ2v) is 8.40. The van der Waals surface area contributed by atoms with Gasteiger partial charge in [0, 0.05) is 37.3 Å². The van der Waals surface area contributed by atoms with Crippen LogP contribution in [-0.2, 0) is 13.1 Å². The summed E-state index contributed by atoms with van der Waals surface area (Å²) in [4.78, 5) is 27.4. The van der Waals surface area contributed by atoms with Gasteiger partial charge in [-0.05, 0) is 56.2 Å². The van der Waals surface area contributed by atoms with Gasteiger partial charge in [-0.25, -0.2) is 0 Å². The number of benzene rings is 1. The Balaban J connectivity index is 1.39. The van der Waals surface area contributed by atoms with Gasteiger partial charge in [-0.15, -0.1) is 0 Å². The fourth-order valence-electron chi connectivity index (χ4n) is 4.07. The zero-order valence-electron chi connectivity index (χ0n) is 17.1. The molecule has 0 bridgehead atoms. The number of amides is 2. The van der Waals surface area contributed by atoms with Gasteiger partial charge >= 0.3 is 0 Å². The van der Waals surface area contributed by atoms with Crippen molar-refractivity contribution in [3.63, 3.8) is 0 Å². The number of carbonyl (C=O) groups excluding carboxylic acids is 2. The molecule has 0 fully saturated rings. The maximum Gasteiger partial charge on any atom is 0.272 e. The number of hydrogen-bond acceptors (Lipinski definition) is 3. The van der Waals surface area contributed by atoms with Gasteiger partial charge in [0.2, 0.25) is 0 Å². The van der Waals surface area contributed by atoms with Crippen molar-refractivity contribution in [1.29, 1.82) is 0 Å². The highest BCUT2D eigenvalue weighted by atomic mass is 35.5. The van der Waals surface area contributed by atoms with Crippen molar-refractivity contribution >= 4 is 23.4 Å². The van der Waals surface area contributed by atoms with E-state index in [-0.39, 0.29) is 11.8 Å². The number of fused-ring (bicyclic) bond motifs is 1. The van der Waals surface area contributed by atoms with Crippen LogP contribution in [0.25, 0.3) is 0 Å². The summed E-state index contributed by atoms with van der Waals surface area (Å²) in [5.74, 6) is -0.314. The first-order chi connectivity index (χ1) is 14.6. The number of rotatable bonds is 6. The number of aromatic nitrogens is 2. The Morgan fingerprint density at radius 2 is 1.97 bits per heavy atom. The molecular formula is C23H27ClN4O2. The fourth-order valence-corrected chi connectivity index (χ4v) is 4.19. The first-order valence-electron chi connectivity index (χ1n) is 10.7. The normalized spacial score (nSPS) is 16.6. The van der Waals surface area contributed by atoms with Crippen molar-refractivity contribution in [2.45, 2.75) is 51.6 Å². The lowest BCUT2D eigenvalue weighted by molar-refractivity contribution is 0.0745. The molecule has 0 saturated heterocycles. The molecule has 0 spiro atoms. The third-order valence-electron chi connectivity index (χ3n) is 5.72. The number of hydrogen-bond donors (Lipinski definition) is 1. The molecule has 1 aromatic heterocycles. The molecule has 7 heteroatoms. The highest BCUT2D eigenvalue weighted by Gasteiger charge is 2.26. The van der Waals surface area contributed by atoms with Crippen LogP contribution in [0.3, 0.4) is 0 Å². The summed E-state index contributed by atoms with van der Waals surface area (Å²) in [5, 5.41) is 8.03. The minimum absolute atomic E-state index is 0.0960. The molecule has 2 aromatic rings. The lowest BCUT2D eigenvalue weighted by Crippen LogP contribution is -2.30. The van der Waals surface area contributed by atoms with Gasteiger partial charge in [0.1, 0.15) is 5.69 Å². The van der Waals surface area contributed by atoms with Crippen LogP contribution in [0, 0.1) is 0 Å².